The summed E-state index contributed by atoms with van der Waals surface area (Å²) in [7, 11) is 0. The molecule has 0 bridgehead atoms. The van der Waals surface area contributed by atoms with Gasteiger partial charge in [0.05, 0.1) is 6.54 Å². The van der Waals surface area contributed by atoms with E-state index in [0.717, 1.165) is 31.0 Å². The first-order valence-corrected chi connectivity index (χ1v) is 7.95. The van der Waals surface area contributed by atoms with Crippen LogP contribution in [0.15, 0.2) is 46.8 Å². The average molecular weight is 305 g/mol. The van der Waals surface area contributed by atoms with Crippen molar-refractivity contribution in [1.82, 2.24) is 10.6 Å². The lowest BCUT2D eigenvalue weighted by Crippen LogP contribution is -2.38. The van der Waals surface area contributed by atoms with Crippen LogP contribution in [-0.4, -0.2) is 19.0 Å². The van der Waals surface area contributed by atoms with Crippen LogP contribution in [0.2, 0.25) is 0 Å². The molecule has 0 amide bonds. The van der Waals surface area contributed by atoms with Crippen LogP contribution in [0, 0.1) is 5.82 Å². The number of benzene rings is 1. The maximum Gasteiger partial charge on any atom is 0.191 e. The van der Waals surface area contributed by atoms with Crippen LogP contribution in [0.1, 0.15) is 17.4 Å². The van der Waals surface area contributed by atoms with Gasteiger partial charge >= 0.3 is 0 Å². The van der Waals surface area contributed by atoms with Crippen LogP contribution in [0.25, 0.3) is 0 Å². The molecule has 0 atom stereocenters. The summed E-state index contributed by atoms with van der Waals surface area (Å²) in [6, 6.07) is 10.7. The van der Waals surface area contributed by atoms with Crippen LogP contribution >= 0.6 is 11.3 Å². The molecule has 1 aromatic heterocycles. The first kappa shape index (κ1) is 15.5. The Hall–Kier alpha value is -1.88. The summed E-state index contributed by atoms with van der Waals surface area (Å²) in [5, 5.41) is 8.58. The predicted octanol–water partition coefficient (Wildman–Crippen LogP) is 3.19. The van der Waals surface area contributed by atoms with E-state index in [4.69, 9.17) is 0 Å². The molecule has 5 heteroatoms. The smallest absolute Gasteiger partial charge is 0.191 e. The molecule has 0 aliphatic heterocycles. The van der Waals surface area contributed by atoms with Gasteiger partial charge in [-0.2, -0.15) is 0 Å². The van der Waals surface area contributed by atoms with Crippen LogP contribution in [0.4, 0.5) is 4.39 Å². The van der Waals surface area contributed by atoms with Gasteiger partial charge in [0.25, 0.3) is 0 Å². The van der Waals surface area contributed by atoms with Crippen molar-refractivity contribution in [2.45, 2.75) is 19.9 Å². The van der Waals surface area contributed by atoms with Crippen LogP contribution < -0.4 is 10.6 Å². The minimum absolute atomic E-state index is 0.197. The number of guanidine groups is 1. The number of nitrogens with zero attached hydrogens (tertiary/aromatic N) is 1. The molecule has 1 heterocycles. The molecule has 2 aromatic rings. The zero-order chi connectivity index (χ0) is 14.9. The number of rotatable bonds is 6. The molecule has 0 unspecified atom stereocenters. The molecule has 0 spiro atoms. The molecular weight excluding hydrogens is 285 g/mol. The summed E-state index contributed by atoms with van der Waals surface area (Å²) in [5.41, 5.74) is 1.11. The highest BCUT2D eigenvalue weighted by Gasteiger charge is 1.99. The van der Waals surface area contributed by atoms with Crippen molar-refractivity contribution in [1.29, 1.82) is 0 Å². The number of halogens is 1. The molecule has 2 rings (SSSR count). The average Bonchev–Trinajstić information content (AvgIpc) is 3.00. The highest BCUT2D eigenvalue weighted by atomic mass is 32.1. The van der Waals surface area contributed by atoms with Crippen molar-refractivity contribution < 1.29 is 4.39 Å². The van der Waals surface area contributed by atoms with Crippen LogP contribution in [0.3, 0.4) is 0 Å². The van der Waals surface area contributed by atoms with Crippen molar-refractivity contribution in [2.75, 3.05) is 13.1 Å². The summed E-state index contributed by atoms with van der Waals surface area (Å²) < 4.78 is 12.8. The molecule has 0 fully saturated rings. The Morgan fingerprint density at radius 2 is 2.00 bits per heavy atom. The van der Waals surface area contributed by atoms with Crippen molar-refractivity contribution in [2.24, 2.45) is 4.99 Å². The lowest BCUT2D eigenvalue weighted by molar-refractivity contribution is 0.626. The van der Waals surface area contributed by atoms with E-state index >= 15 is 0 Å². The minimum atomic E-state index is -0.197. The molecule has 21 heavy (non-hydrogen) atoms. The topological polar surface area (TPSA) is 36.4 Å². The largest absolute Gasteiger partial charge is 0.357 e. The highest BCUT2D eigenvalue weighted by molar-refractivity contribution is 7.09. The van der Waals surface area contributed by atoms with Gasteiger partial charge in [0, 0.05) is 18.0 Å². The van der Waals surface area contributed by atoms with E-state index in [1.807, 2.05) is 25.1 Å². The quantitative estimate of drug-likeness (QED) is 0.635. The van der Waals surface area contributed by atoms with Crippen molar-refractivity contribution in [3.05, 3.63) is 58.0 Å². The third kappa shape index (κ3) is 5.55. The lowest BCUT2D eigenvalue weighted by Gasteiger charge is -2.11. The molecule has 2 N–H and O–H groups in total. The number of hydrogen-bond acceptors (Lipinski definition) is 2. The van der Waals surface area contributed by atoms with Crippen molar-refractivity contribution in [3.63, 3.8) is 0 Å². The lowest BCUT2D eigenvalue weighted by atomic mass is 10.1. The van der Waals surface area contributed by atoms with Gasteiger partial charge in [-0.3, -0.25) is 0 Å². The van der Waals surface area contributed by atoms with E-state index in [0.29, 0.717) is 6.54 Å². The van der Waals surface area contributed by atoms with Gasteiger partial charge in [0.2, 0.25) is 0 Å². The third-order valence-electron chi connectivity index (χ3n) is 2.94. The fourth-order valence-corrected chi connectivity index (χ4v) is 2.51. The molecule has 0 saturated heterocycles. The van der Waals surface area contributed by atoms with E-state index in [1.165, 1.54) is 17.0 Å². The van der Waals surface area contributed by atoms with Gasteiger partial charge in [-0.25, -0.2) is 9.38 Å². The molecule has 3 nitrogen and oxygen atoms in total. The third-order valence-corrected chi connectivity index (χ3v) is 3.80. The number of hydrogen-bond donors (Lipinski definition) is 2. The highest BCUT2D eigenvalue weighted by Crippen LogP contribution is 2.09. The molecular formula is C16H20FN3S. The summed E-state index contributed by atoms with van der Waals surface area (Å²) >= 11 is 1.71. The van der Waals surface area contributed by atoms with Gasteiger partial charge in [0.15, 0.2) is 5.96 Å². The second kappa shape index (κ2) is 8.42. The fraction of sp³-hybridized carbons (Fsp3) is 0.312. The number of aliphatic imine (C=N–C) groups is 1. The summed E-state index contributed by atoms with van der Waals surface area (Å²) in [4.78, 5) is 5.79. The normalized spacial score (nSPS) is 11.4. The van der Waals surface area contributed by atoms with E-state index < -0.39 is 0 Å². The minimum Gasteiger partial charge on any atom is -0.357 e. The number of nitrogens with one attached hydrogen (secondary N) is 2. The van der Waals surface area contributed by atoms with Gasteiger partial charge in [0.1, 0.15) is 5.82 Å². The van der Waals surface area contributed by atoms with Gasteiger partial charge < -0.3 is 10.6 Å². The SMILES string of the molecule is CCNC(=NCc1cccs1)NCCc1ccc(F)cc1. The van der Waals surface area contributed by atoms with E-state index in [-0.39, 0.29) is 5.82 Å². The first-order valence-electron chi connectivity index (χ1n) is 7.07. The first-order chi connectivity index (χ1) is 10.3. The summed E-state index contributed by atoms with van der Waals surface area (Å²) in [5.74, 6) is 0.616. The number of thiophene rings is 1. The summed E-state index contributed by atoms with van der Waals surface area (Å²) in [6.45, 7) is 4.32. The van der Waals surface area contributed by atoms with E-state index in [1.54, 1.807) is 11.3 Å². The van der Waals surface area contributed by atoms with E-state index in [9.17, 15) is 4.39 Å². The Balaban J connectivity index is 1.82. The molecule has 0 aliphatic rings. The van der Waals surface area contributed by atoms with Crippen molar-refractivity contribution >= 4 is 17.3 Å². The molecule has 112 valence electrons. The van der Waals surface area contributed by atoms with Gasteiger partial charge in [-0.05, 0) is 42.5 Å². The Labute approximate surface area is 128 Å². The van der Waals surface area contributed by atoms with E-state index in [2.05, 4.69) is 27.1 Å². The Morgan fingerprint density at radius 1 is 1.19 bits per heavy atom. The Bertz CT molecular complexity index is 549. The standard InChI is InChI=1S/C16H20FN3S/c1-2-18-16(20-12-15-4-3-11-21-15)19-10-9-13-5-7-14(17)8-6-13/h3-8,11H,2,9-10,12H2,1H3,(H2,18,19,20). The Morgan fingerprint density at radius 3 is 2.67 bits per heavy atom. The van der Waals surface area contributed by atoms with Gasteiger partial charge in [-0.1, -0.05) is 18.2 Å². The van der Waals surface area contributed by atoms with Crippen LogP contribution in [0.5, 0.6) is 0 Å². The maximum atomic E-state index is 12.8. The maximum absolute atomic E-state index is 12.8. The molecule has 1 aromatic carbocycles. The zero-order valence-corrected chi connectivity index (χ0v) is 12.9. The monoisotopic (exact) mass is 305 g/mol. The van der Waals surface area contributed by atoms with Crippen LogP contribution in [-0.2, 0) is 13.0 Å². The Kier molecular flexibility index (Phi) is 6.22. The predicted molar refractivity (Wildman–Crippen MR) is 87.2 cm³/mol. The molecule has 0 saturated carbocycles. The second-order valence-electron chi connectivity index (χ2n) is 4.58. The van der Waals surface area contributed by atoms with Gasteiger partial charge in [-0.15, -0.1) is 11.3 Å². The summed E-state index contributed by atoms with van der Waals surface area (Å²) in [6.07, 6.45) is 0.837. The molecule has 0 radical (unpaired) electrons. The second-order valence-corrected chi connectivity index (χ2v) is 5.61. The van der Waals surface area contributed by atoms with Crippen molar-refractivity contribution in [3.8, 4) is 0 Å². The zero-order valence-electron chi connectivity index (χ0n) is 12.1. The molecule has 0 aliphatic carbocycles. The fourth-order valence-electron chi connectivity index (χ4n) is 1.88.